The summed E-state index contributed by atoms with van der Waals surface area (Å²) in [5.41, 5.74) is 15.5. The molecule has 318 valence electrons. The van der Waals surface area contributed by atoms with E-state index in [9.17, 15) is 0 Å². The van der Waals surface area contributed by atoms with Crippen LogP contribution in [0.15, 0.2) is 243 Å². The Morgan fingerprint density at radius 2 is 0.735 bits per heavy atom. The van der Waals surface area contributed by atoms with Gasteiger partial charge in [-0.15, -0.1) is 0 Å². The van der Waals surface area contributed by atoms with Crippen molar-refractivity contribution in [3.8, 4) is 79.2 Å². The fourth-order valence-electron chi connectivity index (χ4n) is 9.87. The topological polar surface area (TPSA) is 61.4 Å². The van der Waals surface area contributed by atoms with Crippen molar-refractivity contribution in [2.45, 2.75) is 0 Å². The first-order valence-electron chi connectivity index (χ1n) is 22.9. The van der Waals surface area contributed by atoms with E-state index in [4.69, 9.17) is 19.9 Å². The molecule has 0 aliphatic heterocycles. The Morgan fingerprint density at radius 1 is 0.265 bits per heavy atom. The molecule has 0 atom stereocenters. The molecule has 13 rings (SSSR count). The first-order valence-corrected chi connectivity index (χ1v) is 22.9. The van der Waals surface area contributed by atoms with Crippen molar-refractivity contribution in [3.05, 3.63) is 243 Å². The molecule has 0 N–H and O–H groups in total. The van der Waals surface area contributed by atoms with Crippen LogP contribution in [0.1, 0.15) is 0 Å². The Bertz CT molecular complexity index is 3950. The summed E-state index contributed by atoms with van der Waals surface area (Å²) in [6.45, 7) is 0. The predicted molar refractivity (Wildman–Crippen MR) is 279 cm³/mol. The molecular formula is C62H40N6. The van der Waals surface area contributed by atoms with Crippen molar-refractivity contribution in [1.29, 1.82) is 0 Å². The highest BCUT2D eigenvalue weighted by molar-refractivity contribution is 6.23. The molecule has 9 aromatic carbocycles. The molecule has 0 fully saturated rings. The molecule has 6 heteroatoms. The smallest absolute Gasteiger partial charge is 0.238 e. The Hall–Kier alpha value is -9.26. The molecule has 0 unspecified atom stereocenters. The molecule has 0 aliphatic carbocycles. The van der Waals surface area contributed by atoms with Gasteiger partial charge in [0.25, 0.3) is 0 Å². The highest BCUT2D eigenvalue weighted by Crippen LogP contribution is 2.43. The molecule has 6 nitrogen and oxygen atoms in total. The fourth-order valence-corrected chi connectivity index (χ4v) is 9.87. The van der Waals surface area contributed by atoms with Gasteiger partial charge in [-0.2, -0.15) is 9.97 Å². The van der Waals surface area contributed by atoms with E-state index in [1.54, 1.807) is 0 Å². The van der Waals surface area contributed by atoms with Gasteiger partial charge in [-0.1, -0.05) is 206 Å². The van der Waals surface area contributed by atoms with E-state index in [1.807, 2.05) is 36.4 Å². The SMILES string of the molecule is c1ccc(-c2cc(-c3cccc(-n4c5ccccc5c5ccc6c7ccccc7n(-c7nc(-c8ccccc8)nc(-c8ccccc8)n7)c6c54)c3)cc(-c3ccccc3-c3ccccc3)n2)cc1. The molecule has 0 amide bonds. The molecule has 0 spiro atoms. The van der Waals surface area contributed by atoms with Crippen molar-refractivity contribution in [3.63, 3.8) is 0 Å². The number of hydrogen-bond acceptors (Lipinski definition) is 4. The summed E-state index contributed by atoms with van der Waals surface area (Å²) in [4.78, 5) is 21.0. The van der Waals surface area contributed by atoms with E-state index in [1.165, 1.54) is 0 Å². The lowest BCUT2D eigenvalue weighted by atomic mass is 9.94. The molecular weight excluding hydrogens is 829 g/mol. The third-order valence-corrected chi connectivity index (χ3v) is 13.0. The van der Waals surface area contributed by atoms with E-state index in [0.717, 1.165) is 105 Å². The number of para-hydroxylation sites is 2. The van der Waals surface area contributed by atoms with E-state index in [0.29, 0.717) is 17.6 Å². The average molecular weight is 869 g/mol. The van der Waals surface area contributed by atoms with Crippen LogP contribution in [0.25, 0.3) is 123 Å². The zero-order chi connectivity index (χ0) is 45.0. The average Bonchev–Trinajstić information content (AvgIpc) is 3.95. The van der Waals surface area contributed by atoms with Crippen LogP contribution in [-0.2, 0) is 0 Å². The largest absolute Gasteiger partial charge is 0.307 e. The Morgan fingerprint density at radius 3 is 1.35 bits per heavy atom. The van der Waals surface area contributed by atoms with Crippen molar-refractivity contribution in [1.82, 2.24) is 29.1 Å². The summed E-state index contributed by atoms with van der Waals surface area (Å²) in [7, 11) is 0. The molecule has 0 bridgehead atoms. The number of hydrogen-bond donors (Lipinski definition) is 0. The van der Waals surface area contributed by atoms with Crippen LogP contribution in [0.5, 0.6) is 0 Å². The Labute approximate surface area is 392 Å². The standard InChI is InChI=1S/C62H40N6/c1-5-20-41(21-6-1)48-30-13-14-31-49(48)55-40-46(39-54(63-55)42-22-7-2-8-23-42)45-28-19-29-47(38-45)67-56-34-17-15-32-50(56)52-36-37-53-51-33-16-18-35-57(51)68(59(53)58(52)67)62-65-60(43-24-9-3-10-25-43)64-61(66-62)44-26-11-4-12-27-44/h1-40H. The number of aromatic nitrogens is 6. The van der Waals surface area contributed by atoms with Crippen molar-refractivity contribution in [2.24, 2.45) is 0 Å². The van der Waals surface area contributed by atoms with Crippen LogP contribution in [0.3, 0.4) is 0 Å². The van der Waals surface area contributed by atoms with Gasteiger partial charge in [0.1, 0.15) is 0 Å². The summed E-state index contributed by atoms with van der Waals surface area (Å²) < 4.78 is 4.67. The molecule has 0 radical (unpaired) electrons. The maximum atomic E-state index is 5.36. The monoisotopic (exact) mass is 868 g/mol. The van der Waals surface area contributed by atoms with Gasteiger partial charge < -0.3 is 4.57 Å². The molecule has 68 heavy (non-hydrogen) atoms. The van der Waals surface area contributed by atoms with Gasteiger partial charge in [-0.25, -0.2) is 9.97 Å². The first kappa shape index (κ1) is 39.1. The zero-order valence-corrected chi connectivity index (χ0v) is 36.8. The van der Waals surface area contributed by atoms with Crippen molar-refractivity contribution in [2.75, 3.05) is 0 Å². The summed E-state index contributed by atoms with van der Waals surface area (Å²) in [5.74, 6) is 1.77. The van der Waals surface area contributed by atoms with Gasteiger partial charge in [0, 0.05) is 49.5 Å². The minimum absolute atomic E-state index is 0.551. The van der Waals surface area contributed by atoms with Crippen LogP contribution in [-0.4, -0.2) is 29.1 Å². The summed E-state index contributed by atoms with van der Waals surface area (Å²) in [6, 6.07) is 85.2. The highest BCUT2D eigenvalue weighted by Gasteiger charge is 2.24. The molecule has 0 saturated heterocycles. The Balaban J connectivity index is 1.07. The second kappa shape index (κ2) is 16.3. The summed E-state index contributed by atoms with van der Waals surface area (Å²) in [5, 5.41) is 4.52. The third-order valence-electron chi connectivity index (χ3n) is 13.0. The van der Waals surface area contributed by atoms with Gasteiger partial charge >= 0.3 is 0 Å². The molecule has 13 aromatic rings. The van der Waals surface area contributed by atoms with Gasteiger partial charge in [-0.3, -0.25) is 4.57 Å². The number of nitrogens with zero attached hydrogens (tertiary/aromatic N) is 6. The number of benzene rings is 9. The van der Waals surface area contributed by atoms with Crippen molar-refractivity contribution >= 4 is 43.6 Å². The predicted octanol–water partition coefficient (Wildman–Crippen LogP) is 15.5. The van der Waals surface area contributed by atoms with Gasteiger partial charge in [0.15, 0.2) is 11.6 Å². The Kier molecular flexibility index (Phi) is 9.39. The van der Waals surface area contributed by atoms with E-state index >= 15 is 0 Å². The second-order valence-corrected chi connectivity index (χ2v) is 17.0. The number of fused-ring (bicyclic) bond motifs is 7. The number of pyridine rings is 1. The second-order valence-electron chi connectivity index (χ2n) is 17.0. The van der Waals surface area contributed by atoms with Crippen LogP contribution >= 0.6 is 0 Å². The maximum Gasteiger partial charge on any atom is 0.238 e. The minimum Gasteiger partial charge on any atom is -0.307 e. The maximum absolute atomic E-state index is 5.36. The van der Waals surface area contributed by atoms with Gasteiger partial charge in [0.05, 0.1) is 33.5 Å². The quantitative estimate of drug-likeness (QED) is 0.153. The molecule has 0 aliphatic rings. The van der Waals surface area contributed by atoms with E-state index in [-0.39, 0.29) is 0 Å². The lowest BCUT2D eigenvalue weighted by Gasteiger charge is -2.15. The van der Waals surface area contributed by atoms with E-state index in [2.05, 4.69) is 215 Å². The zero-order valence-electron chi connectivity index (χ0n) is 36.8. The molecule has 4 heterocycles. The van der Waals surface area contributed by atoms with Crippen LogP contribution < -0.4 is 0 Å². The third kappa shape index (κ3) is 6.66. The first-order chi connectivity index (χ1) is 33.7. The fraction of sp³-hybridized carbons (Fsp3) is 0. The molecule has 0 saturated carbocycles. The van der Waals surface area contributed by atoms with Crippen molar-refractivity contribution < 1.29 is 0 Å². The lowest BCUT2D eigenvalue weighted by molar-refractivity contribution is 0.953. The van der Waals surface area contributed by atoms with Gasteiger partial charge in [0.2, 0.25) is 5.95 Å². The lowest BCUT2D eigenvalue weighted by Crippen LogP contribution is -2.07. The van der Waals surface area contributed by atoms with E-state index < -0.39 is 0 Å². The summed E-state index contributed by atoms with van der Waals surface area (Å²) >= 11 is 0. The highest BCUT2D eigenvalue weighted by atomic mass is 15.2. The number of rotatable bonds is 8. The normalized spacial score (nSPS) is 11.5. The minimum atomic E-state index is 0.551. The molecule has 4 aromatic heterocycles. The van der Waals surface area contributed by atoms with Crippen LogP contribution in [0.4, 0.5) is 0 Å². The van der Waals surface area contributed by atoms with Crippen LogP contribution in [0, 0.1) is 0 Å². The summed E-state index contributed by atoms with van der Waals surface area (Å²) in [6.07, 6.45) is 0. The van der Waals surface area contributed by atoms with Crippen LogP contribution in [0.2, 0.25) is 0 Å². The van der Waals surface area contributed by atoms with Gasteiger partial charge in [-0.05, 0) is 58.7 Å².